The summed E-state index contributed by atoms with van der Waals surface area (Å²) in [5, 5.41) is 12.2. The van der Waals surface area contributed by atoms with E-state index in [4.69, 9.17) is 9.72 Å². The Bertz CT molecular complexity index is 1340. The zero-order valence-corrected chi connectivity index (χ0v) is 19.4. The first kappa shape index (κ1) is 21.9. The number of fused-ring (bicyclic) bond motifs is 3. The number of pyridine rings is 2. The quantitative estimate of drug-likeness (QED) is 0.385. The molecular formula is C27H28N2O3. The predicted molar refractivity (Wildman–Crippen MR) is 128 cm³/mol. The molecule has 0 aliphatic rings. The first-order chi connectivity index (χ1) is 15.1. The molecule has 0 fully saturated rings. The molecule has 0 spiro atoms. The van der Waals surface area contributed by atoms with Gasteiger partial charge in [-0.3, -0.25) is 9.97 Å². The van der Waals surface area contributed by atoms with Crippen molar-refractivity contribution < 1.29 is 14.6 Å². The van der Waals surface area contributed by atoms with E-state index in [0.717, 1.165) is 49.6 Å². The summed E-state index contributed by atoms with van der Waals surface area (Å²) < 4.78 is 6.10. The number of aromatic nitrogens is 2. The molecule has 0 saturated heterocycles. The third kappa shape index (κ3) is 3.84. The number of benzene rings is 2. The zero-order chi connectivity index (χ0) is 23.2. The topological polar surface area (TPSA) is 72.3 Å². The second-order valence-electron chi connectivity index (χ2n) is 9.27. The van der Waals surface area contributed by atoms with Gasteiger partial charge in [-0.2, -0.15) is 0 Å². The van der Waals surface area contributed by atoms with E-state index in [-0.39, 0.29) is 0 Å². The molecule has 0 bridgehead atoms. The maximum Gasteiger partial charge on any atom is 0.337 e. The standard InChI is InChI=1S/C27H28N2O3/c1-15-9-11-18(12-10-15)21-16(2)22-19-8-7-13-28-20(19)14-29-24(22)17(3)23(21)25(26(30)31)32-27(4,5)6/h7-14,25H,1-6H3,(H,30,31)/t25-/m0/s1. The lowest BCUT2D eigenvalue weighted by Gasteiger charge is -2.29. The number of aliphatic carboxylic acids is 1. The number of carboxylic acid groups (broad SMARTS) is 1. The first-order valence-electron chi connectivity index (χ1n) is 10.7. The normalized spacial score (nSPS) is 12.9. The van der Waals surface area contributed by atoms with Gasteiger partial charge in [0.2, 0.25) is 0 Å². The molecule has 4 aromatic rings. The minimum atomic E-state index is -1.12. The Morgan fingerprint density at radius 2 is 1.69 bits per heavy atom. The molecule has 0 aliphatic carbocycles. The van der Waals surface area contributed by atoms with Crippen LogP contribution in [0.3, 0.4) is 0 Å². The summed E-state index contributed by atoms with van der Waals surface area (Å²) in [6, 6.07) is 12.1. The minimum absolute atomic E-state index is 0.635. The fraction of sp³-hybridized carbons (Fsp3) is 0.296. The molecule has 0 unspecified atom stereocenters. The molecule has 164 valence electrons. The van der Waals surface area contributed by atoms with Gasteiger partial charge in [0, 0.05) is 22.5 Å². The van der Waals surface area contributed by atoms with Gasteiger partial charge in [-0.25, -0.2) is 4.79 Å². The summed E-state index contributed by atoms with van der Waals surface area (Å²) in [5.41, 5.74) is 6.36. The van der Waals surface area contributed by atoms with E-state index in [1.54, 1.807) is 12.4 Å². The molecule has 5 heteroatoms. The van der Waals surface area contributed by atoms with E-state index >= 15 is 0 Å². The van der Waals surface area contributed by atoms with Crippen molar-refractivity contribution in [1.82, 2.24) is 9.97 Å². The van der Waals surface area contributed by atoms with Crippen molar-refractivity contribution in [2.45, 2.75) is 53.2 Å². The van der Waals surface area contributed by atoms with Crippen LogP contribution in [0.25, 0.3) is 32.9 Å². The molecule has 1 atom stereocenters. The first-order valence-corrected chi connectivity index (χ1v) is 10.7. The van der Waals surface area contributed by atoms with Gasteiger partial charge in [-0.15, -0.1) is 0 Å². The summed E-state index contributed by atoms with van der Waals surface area (Å²) in [6.07, 6.45) is 2.38. The molecule has 1 N–H and O–H groups in total. The third-order valence-electron chi connectivity index (χ3n) is 5.74. The maximum absolute atomic E-state index is 12.5. The molecule has 2 heterocycles. The summed E-state index contributed by atoms with van der Waals surface area (Å²) in [4.78, 5) is 21.6. The Hall–Kier alpha value is -3.31. The van der Waals surface area contributed by atoms with Gasteiger partial charge >= 0.3 is 5.97 Å². The second-order valence-corrected chi connectivity index (χ2v) is 9.27. The summed E-state index contributed by atoms with van der Waals surface area (Å²) >= 11 is 0. The van der Waals surface area contributed by atoms with Crippen molar-refractivity contribution in [2.75, 3.05) is 0 Å². The van der Waals surface area contributed by atoms with Crippen molar-refractivity contribution >= 4 is 27.8 Å². The zero-order valence-electron chi connectivity index (χ0n) is 19.4. The minimum Gasteiger partial charge on any atom is -0.479 e. The third-order valence-corrected chi connectivity index (χ3v) is 5.74. The fourth-order valence-electron chi connectivity index (χ4n) is 4.36. The molecule has 32 heavy (non-hydrogen) atoms. The van der Waals surface area contributed by atoms with Crippen LogP contribution in [0.5, 0.6) is 0 Å². The van der Waals surface area contributed by atoms with Crippen LogP contribution in [-0.2, 0) is 9.53 Å². The van der Waals surface area contributed by atoms with Crippen molar-refractivity contribution in [3.63, 3.8) is 0 Å². The Balaban J connectivity index is 2.18. The molecule has 0 saturated carbocycles. The van der Waals surface area contributed by atoms with Gasteiger partial charge in [0.05, 0.1) is 22.8 Å². The lowest BCUT2D eigenvalue weighted by Crippen LogP contribution is -2.28. The van der Waals surface area contributed by atoms with Crippen LogP contribution in [-0.4, -0.2) is 26.6 Å². The summed E-state index contributed by atoms with van der Waals surface area (Å²) in [5.74, 6) is -1.02. The lowest BCUT2D eigenvalue weighted by atomic mass is 9.84. The van der Waals surface area contributed by atoms with Crippen LogP contribution >= 0.6 is 0 Å². The Labute approximate surface area is 188 Å². The van der Waals surface area contributed by atoms with Crippen LogP contribution in [0, 0.1) is 20.8 Å². The van der Waals surface area contributed by atoms with Crippen molar-refractivity contribution in [3.8, 4) is 11.1 Å². The average molecular weight is 429 g/mol. The van der Waals surface area contributed by atoms with E-state index in [0.29, 0.717) is 5.56 Å². The van der Waals surface area contributed by atoms with Gasteiger partial charge in [0.1, 0.15) is 0 Å². The van der Waals surface area contributed by atoms with Crippen molar-refractivity contribution in [1.29, 1.82) is 0 Å². The Morgan fingerprint density at radius 3 is 2.31 bits per heavy atom. The van der Waals surface area contributed by atoms with Gasteiger partial charge in [0.25, 0.3) is 0 Å². The van der Waals surface area contributed by atoms with Gasteiger partial charge < -0.3 is 9.84 Å². The van der Waals surface area contributed by atoms with Gasteiger partial charge in [0.15, 0.2) is 6.10 Å². The molecule has 0 radical (unpaired) electrons. The largest absolute Gasteiger partial charge is 0.479 e. The molecule has 2 aromatic carbocycles. The van der Waals surface area contributed by atoms with E-state index in [9.17, 15) is 9.90 Å². The lowest BCUT2D eigenvalue weighted by molar-refractivity contribution is -0.160. The van der Waals surface area contributed by atoms with Crippen molar-refractivity contribution in [2.24, 2.45) is 0 Å². The molecule has 0 amide bonds. The monoisotopic (exact) mass is 428 g/mol. The Kier molecular flexibility index (Phi) is 5.47. The molecule has 0 aliphatic heterocycles. The highest BCUT2D eigenvalue weighted by Crippen LogP contribution is 2.43. The van der Waals surface area contributed by atoms with Crippen LogP contribution in [0.1, 0.15) is 49.1 Å². The van der Waals surface area contributed by atoms with E-state index in [1.807, 2.05) is 77.9 Å². The van der Waals surface area contributed by atoms with Crippen LogP contribution in [0.2, 0.25) is 0 Å². The molecule has 4 rings (SSSR count). The Morgan fingerprint density at radius 1 is 1.00 bits per heavy atom. The molecular weight excluding hydrogens is 400 g/mol. The van der Waals surface area contributed by atoms with Crippen LogP contribution in [0.4, 0.5) is 0 Å². The molecule has 2 aromatic heterocycles. The van der Waals surface area contributed by atoms with Crippen molar-refractivity contribution in [3.05, 3.63) is 71.0 Å². The molecule has 5 nitrogen and oxygen atoms in total. The van der Waals surface area contributed by atoms with Crippen LogP contribution in [0.15, 0.2) is 48.8 Å². The summed E-state index contributed by atoms with van der Waals surface area (Å²) in [6.45, 7) is 11.6. The number of rotatable bonds is 4. The number of carboxylic acids is 1. The highest BCUT2D eigenvalue weighted by molar-refractivity contribution is 6.10. The number of aryl methyl sites for hydroxylation is 3. The number of hydrogen-bond donors (Lipinski definition) is 1. The maximum atomic E-state index is 12.5. The fourth-order valence-corrected chi connectivity index (χ4v) is 4.36. The number of hydrogen-bond acceptors (Lipinski definition) is 4. The van der Waals surface area contributed by atoms with E-state index in [1.165, 1.54) is 0 Å². The number of ether oxygens (including phenoxy) is 1. The predicted octanol–water partition coefficient (Wildman–Crippen LogP) is 6.32. The van der Waals surface area contributed by atoms with Crippen LogP contribution < -0.4 is 0 Å². The number of nitrogens with zero attached hydrogens (tertiary/aromatic N) is 2. The van der Waals surface area contributed by atoms with Gasteiger partial charge in [-0.05, 0) is 69.9 Å². The average Bonchev–Trinajstić information content (AvgIpc) is 2.74. The summed E-state index contributed by atoms with van der Waals surface area (Å²) in [7, 11) is 0. The highest BCUT2D eigenvalue weighted by atomic mass is 16.5. The van der Waals surface area contributed by atoms with E-state index in [2.05, 4.69) is 4.98 Å². The van der Waals surface area contributed by atoms with E-state index < -0.39 is 17.7 Å². The highest BCUT2D eigenvalue weighted by Gasteiger charge is 2.33. The SMILES string of the molecule is Cc1ccc(-c2c([C@H](OC(C)(C)C)C(=O)O)c(C)c3ncc4ncccc4c3c2C)cc1. The van der Waals surface area contributed by atoms with Gasteiger partial charge in [-0.1, -0.05) is 35.9 Å². The number of carbonyl (C=O) groups is 1. The second kappa shape index (κ2) is 7.99. The smallest absolute Gasteiger partial charge is 0.337 e.